The molecule has 0 spiro atoms. The third kappa shape index (κ3) is 18.0. The number of fused-ring (bicyclic) bond motifs is 4. The third-order valence-electron chi connectivity index (χ3n) is 9.99. The van der Waals surface area contributed by atoms with Gasteiger partial charge in [-0.15, -0.1) is 3.82 Å². The van der Waals surface area contributed by atoms with Gasteiger partial charge in [-0.2, -0.15) is 20.6 Å². The number of rotatable bonds is 0. The van der Waals surface area contributed by atoms with Gasteiger partial charge >= 0.3 is 0 Å². The predicted octanol–water partition coefficient (Wildman–Crippen LogP) is 11.2. The van der Waals surface area contributed by atoms with Gasteiger partial charge in [0.1, 0.15) is 9.79 Å². The molecular formula is C42H28Br5Cl5I3N7O16S2. The van der Waals surface area contributed by atoms with E-state index in [2.05, 4.69) is 136 Å². The smallest absolute Gasteiger partial charge is 0.274 e. The fraction of sp³-hybridized carbons (Fsp3) is 0.143. The van der Waals surface area contributed by atoms with Crippen LogP contribution in [0.2, 0.25) is 0 Å². The number of halogens is 13. The maximum Gasteiger partial charge on any atom is 0.284 e. The van der Waals surface area contributed by atoms with Crippen molar-refractivity contribution in [1.29, 1.82) is 0 Å². The molecule has 4 aromatic carbocycles. The minimum absolute atomic E-state index is 0.0324. The lowest BCUT2D eigenvalue weighted by Crippen LogP contribution is -2.18. The van der Waals surface area contributed by atoms with E-state index in [0.29, 0.717) is 60.1 Å². The van der Waals surface area contributed by atoms with Crippen molar-refractivity contribution >= 4 is 285 Å². The molecule has 38 heteroatoms. The number of hydrogen-bond acceptors (Lipinski definition) is 16. The zero-order chi connectivity index (χ0) is 61.1. The molecule has 0 unspecified atom stereocenters. The summed E-state index contributed by atoms with van der Waals surface area (Å²) >= 11 is 35.7. The summed E-state index contributed by atoms with van der Waals surface area (Å²) in [5.74, 6) is -3.75. The van der Waals surface area contributed by atoms with Gasteiger partial charge in [0.2, 0.25) is 35.4 Å². The van der Waals surface area contributed by atoms with Crippen molar-refractivity contribution < 1.29 is 74.4 Å². The van der Waals surface area contributed by atoms with Gasteiger partial charge in [-0.3, -0.25) is 57.5 Å². The summed E-state index contributed by atoms with van der Waals surface area (Å²) in [4.78, 5) is 130. The second-order valence-electron chi connectivity index (χ2n) is 14.6. The molecule has 0 aliphatic carbocycles. The molecule has 0 saturated carbocycles. The van der Waals surface area contributed by atoms with Crippen LogP contribution in [0.15, 0.2) is 107 Å². The lowest BCUT2D eigenvalue weighted by Gasteiger charge is -2.01. The van der Waals surface area contributed by atoms with E-state index in [4.69, 9.17) is 35.3 Å². The number of imide groups is 5. The van der Waals surface area contributed by atoms with E-state index in [1.807, 2.05) is 0 Å². The highest BCUT2D eigenvalue weighted by Crippen LogP contribution is 2.33. The quantitative estimate of drug-likeness (QED) is 0.0897. The molecule has 0 aromatic heterocycles. The first-order chi connectivity index (χ1) is 37.7. The molecule has 80 heavy (non-hydrogen) atoms. The number of carbonyl (C=O) groups excluding carboxylic acids is 12. The highest BCUT2D eigenvalue weighted by Gasteiger charge is 2.41. The maximum atomic E-state index is 11.5. The molecule has 12 amide bonds. The topological polar surface area (TPSA) is 296 Å². The minimum atomic E-state index is -3.78. The summed E-state index contributed by atoms with van der Waals surface area (Å²) in [6, 6.07) is 25.3. The summed E-state index contributed by atoms with van der Waals surface area (Å²) < 4.78 is 50.7. The van der Waals surface area contributed by atoms with Crippen molar-refractivity contribution in [1.82, 2.24) is 27.0 Å². The standard InChI is InChI=1S/C8H4BrNO2.C8H4ClNO2.C7H4BrNO3S.C7H4ClNO3S.C4H4BrNO2.C4H4ClNO2.C4H4INO2.Br2.Cl2.I2/c2*9-10-7(11)5-3-1-2-4-6(5)8(10)12;2*8-9-7(10)5-3-1-2-4-6(5)13(9,11)12;3*5-6-3(7)1-2-4(6)8;3*1-2/h2*1-4H;2*1-4H;3*1-2H2;;;. The van der Waals surface area contributed by atoms with Gasteiger partial charge in [0.15, 0.2) is 0 Å². The average Bonchev–Trinajstić information content (AvgIpc) is 4.26. The Labute approximate surface area is 557 Å². The van der Waals surface area contributed by atoms with Crippen molar-refractivity contribution in [2.45, 2.75) is 48.3 Å². The first-order valence-electron chi connectivity index (χ1n) is 20.6. The second-order valence-corrected chi connectivity index (χ2v) is 22.9. The van der Waals surface area contributed by atoms with E-state index in [1.165, 1.54) is 24.3 Å². The molecule has 0 radical (unpaired) electrons. The van der Waals surface area contributed by atoms with Gasteiger partial charge < -0.3 is 0 Å². The molecule has 7 aliphatic rings. The van der Waals surface area contributed by atoms with Crippen molar-refractivity contribution in [3.63, 3.8) is 0 Å². The molecule has 430 valence electrons. The normalized spacial score (nSPS) is 17.0. The van der Waals surface area contributed by atoms with E-state index < -0.39 is 43.7 Å². The van der Waals surface area contributed by atoms with Crippen LogP contribution < -0.4 is 0 Å². The summed E-state index contributed by atoms with van der Waals surface area (Å²) in [5, 5.41) is 0. The van der Waals surface area contributed by atoms with E-state index in [0.717, 1.165) is 11.0 Å². The van der Waals surface area contributed by atoms with Gasteiger partial charge in [-0.25, -0.2) is 19.4 Å². The van der Waals surface area contributed by atoms with Crippen LogP contribution in [0.1, 0.15) is 101 Å². The molecule has 0 N–H and O–H groups in total. The van der Waals surface area contributed by atoms with Crippen LogP contribution in [0.3, 0.4) is 0 Å². The summed E-state index contributed by atoms with van der Waals surface area (Å²) in [7, 11) is 0.805. The Morgan fingerprint density at radius 2 is 0.662 bits per heavy atom. The zero-order valence-electron chi connectivity index (χ0n) is 38.9. The Morgan fingerprint density at radius 3 is 0.938 bits per heavy atom. The highest BCUT2D eigenvalue weighted by atomic mass is 128. The highest BCUT2D eigenvalue weighted by molar-refractivity contribution is 15.0. The molecule has 3 saturated heterocycles. The molecule has 23 nitrogen and oxygen atoms in total. The third-order valence-corrected chi connectivity index (χ3v) is 18.4. The van der Waals surface area contributed by atoms with Gasteiger partial charge in [-0.05, 0) is 48.5 Å². The number of carbonyl (C=O) groups is 12. The number of nitrogens with zero attached hydrogens (tertiary/aromatic N) is 7. The van der Waals surface area contributed by atoms with Gasteiger partial charge in [0.25, 0.3) is 55.5 Å². The molecule has 0 bridgehead atoms. The average molecular weight is 1910 g/mol. The number of benzene rings is 4. The summed E-state index contributed by atoms with van der Waals surface area (Å²) in [6.07, 6.45) is 2.02. The van der Waals surface area contributed by atoms with Crippen LogP contribution in [0.4, 0.5) is 0 Å². The fourth-order valence-electron chi connectivity index (χ4n) is 6.28. The molecule has 4 aromatic rings. The van der Waals surface area contributed by atoms with Gasteiger partial charge in [0.05, 0.1) is 105 Å². The Bertz CT molecular complexity index is 2990. The van der Waals surface area contributed by atoms with Crippen LogP contribution in [0.5, 0.6) is 0 Å². The SMILES string of the molecule is BrBr.ClCl.II.O=C1CCC(=O)N1Br.O=C1CCC(=O)N1Cl.O=C1CCC(=O)N1I.O=C1c2ccccc2C(=O)N1Br.O=C1c2ccccc2C(=O)N1Cl.O=C1c2ccccc2S(=O)(=O)N1Br.O=C1c2ccccc2S(=O)(=O)N1Cl. The van der Waals surface area contributed by atoms with Crippen molar-refractivity contribution in [2.24, 2.45) is 0 Å². The minimum Gasteiger partial charge on any atom is -0.274 e. The van der Waals surface area contributed by atoms with Gasteiger partial charge in [-0.1, -0.05) is 48.5 Å². The molecule has 11 rings (SSSR count). The molecule has 7 heterocycles. The Kier molecular flexibility index (Phi) is 31.7. The van der Waals surface area contributed by atoms with Crippen LogP contribution >= 0.6 is 194 Å². The molecule has 0 atom stereocenters. The maximum absolute atomic E-state index is 11.5. The van der Waals surface area contributed by atoms with Crippen LogP contribution in [-0.2, 0) is 48.8 Å². The molecule has 7 aliphatic heterocycles. The second kappa shape index (κ2) is 34.4. The summed E-state index contributed by atoms with van der Waals surface area (Å²) in [5.41, 5.74) is 1.99. The van der Waals surface area contributed by atoms with Crippen molar-refractivity contribution in [2.75, 3.05) is 0 Å². The molecule has 3 fully saturated rings. The number of sulfonamides is 2. The fourth-order valence-corrected chi connectivity index (χ4v) is 11.2. The molecular weight excluding hydrogens is 1880 g/mol. The summed E-state index contributed by atoms with van der Waals surface area (Å²) in [6.45, 7) is 0. The largest absolute Gasteiger partial charge is 0.284 e. The van der Waals surface area contributed by atoms with Gasteiger partial charge in [0, 0.05) is 161 Å². The first-order valence-corrected chi connectivity index (χ1v) is 38.7. The van der Waals surface area contributed by atoms with Crippen molar-refractivity contribution in [3.8, 4) is 0 Å². The number of amides is 12. The van der Waals surface area contributed by atoms with Crippen molar-refractivity contribution in [3.05, 3.63) is 130 Å². The predicted molar refractivity (Wildman–Crippen MR) is 333 cm³/mol. The Hall–Kier alpha value is -2.54. The lowest BCUT2D eigenvalue weighted by molar-refractivity contribution is -0.133. The van der Waals surface area contributed by atoms with E-state index in [9.17, 15) is 74.4 Å². The van der Waals surface area contributed by atoms with Crippen LogP contribution in [0.25, 0.3) is 0 Å². The lowest BCUT2D eigenvalue weighted by atomic mass is 10.1. The van der Waals surface area contributed by atoms with Crippen LogP contribution in [-0.4, -0.2) is 115 Å². The van der Waals surface area contributed by atoms with E-state index in [1.54, 1.807) is 95.7 Å². The Morgan fingerprint density at radius 1 is 0.375 bits per heavy atom. The Balaban J connectivity index is 0.000000316. The zero-order valence-corrected chi connectivity index (χ0v) is 58.7. The van der Waals surface area contributed by atoms with E-state index in [-0.39, 0.29) is 84.8 Å². The monoisotopic (exact) mass is 1900 g/mol. The van der Waals surface area contributed by atoms with E-state index >= 15 is 0 Å². The number of hydrogen-bond donors (Lipinski definition) is 0. The van der Waals surface area contributed by atoms with Crippen LogP contribution in [0, 0.1) is 0 Å². The first kappa shape index (κ1) is 73.6.